The first-order chi connectivity index (χ1) is 8.54. The zero-order chi connectivity index (χ0) is 13.3. The Bertz CT molecular complexity index is 439. The molecule has 1 aromatic carbocycles. The quantitative estimate of drug-likeness (QED) is 0.884. The summed E-state index contributed by atoms with van der Waals surface area (Å²) in [5, 5.41) is 3.33. The number of anilines is 1. The van der Waals surface area contributed by atoms with Gasteiger partial charge in [-0.1, -0.05) is 0 Å². The van der Waals surface area contributed by atoms with Gasteiger partial charge in [-0.3, -0.25) is 0 Å². The van der Waals surface area contributed by atoms with Crippen LogP contribution in [-0.2, 0) is 0 Å². The summed E-state index contributed by atoms with van der Waals surface area (Å²) in [5.41, 5.74) is 5.13. The van der Waals surface area contributed by atoms with Gasteiger partial charge in [0.15, 0.2) is 0 Å². The van der Waals surface area contributed by atoms with Crippen molar-refractivity contribution in [2.24, 2.45) is 5.92 Å². The van der Waals surface area contributed by atoms with Crippen LogP contribution < -0.4 is 15.0 Å². The van der Waals surface area contributed by atoms with Crippen molar-refractivity contribution >= 4 is 5.69 Å². The van der Waals surface area contributed by atoms with E-state index >= 15 is 0 Å². The molecule has 0 aromatic heterocycles. The fourth-order valence-corrected chi connectivity index (χ4v) is 2.71. The minimum atomic E-state index is 0.789. The lowest BCUT2D eigenvalue weighted by Gasteiger charge is -2.33. The SMILES string of the molecule is COc1c(C)cc(N(C)CC2CNC2)c(C)c1C. The molecule has 3 heteroatoms. The molecule has 0 atom stereocenters. The summed E-state index contributed by atoms with van der Waals surface area (Å²) in [4.78, 5) is 2.38. The second-order valence-electron chi connectivity index (χ2n) is 5.40. The number of aryl methyl sites for hydroxylation is 1. The van der Waals surface area contributed by atoms with E-state index in [4.69, 9.17) is 4.74 Å². The highest BCUT2D eigenvalue weighted by molar-refractivity contribution is 5.62. The van der Waals surface area contributed by atoms with Gasteiger partial charge in [0.2, 0.25) is 0 Å². The van der Waals surface area contributed by atoms with Gasteiger partial charge >= 0.3 is 0 Å². The lowest BCUT2D eigenvalue weighted by molar-refractivity contribution is 0.352. The van der Waals surface area contributed by atoms with E-state index in [-0.39, 0.29) is 0 Å². The summed E-state index contributed by atoms with van der Waals surface area (Å²) >= 11 is 0. The van der Waals surface area contributed by atoms with Crippen LogP contribution in [0, 0.1) is 26.7 Å². The number of hydrogen-bond donors (Lipinski definition) is 1. The molecule has 1 aromatic rings. The molecule has 3 nitrogen and oxygen atoms in total. The molecule has 0 aliphatic carbocycles. The van der Waals surface area contributed by atoms with Crippen LogP contribution in [0.5, 0.6) is 5.75 Å². The highest BCUT2D eigenvalue weighted by Crippen LogP contribution is 2.33. The molecule has 0 unspecified atom stereocenters. The van der Waals surface area contributed by atoms with Gasteiger partial charge in [0.05, 0.1) is 7.11 Å². The van der Waals surface area contributed by atoms with E-state index in [9.17, 15) is 0 Å². The topological polar surface area (TPSA) is 24.5 Å². The predicted molar refractivity (Wildman–Crippen MR) is 76.8 cm³/mol. The molecule has 1 heterocycles. The lowest BCUT2D eigenvalue weighted by Crippen LogP contribution is -2.47. The maximum absolute atomic E-state index is 5.48. The molecule has 0 saturated carbocycles. The Morgan fingerprint density at radius 2 is 1.94 bits per heavy atom. The second kappa shape index (κ2) is 5.19. The molecule has 18 heavy (non-hydrogen) atoms. The van der Waals surface area contributed by atoms with Crippen LogP contribution in [0.3, 0.4) is 0 Å². The average Bonchev–Trinajstić information content (AvgIpc) is 2.29. The molecule has 0 radical (unpaired) electrons. The Labute approximate surface area is 110 Å². The molecule has 1 aliphatic heterocycles. The minimum absolute atomic E-state index is 0.789. The smallest absolute Gasteiger partial charge is 0.125 e. The Kier molecular flexibility index (Phi) is 3.81. The summed E-state index contributed by atoms with van der Waals surface area (Å²) in [6.07, 6.45) is 0. The molecule has 0 amide bonds. The fraction of sp³-hybridized carbons (Fsp3) is 0.600. The first kappa shape index (κ1) is 13.2. The minimum Gasteiger partial charge on any atom is -0.496 e. The van der Waals surface area contributed by atoms with Crippen LogP contribution in [0.25, 0.3) is 0 Å². The predicted octanol–water partition coefficient (Wildman–Crippen LogP) is 2.28. The van der Waals surface area contributed by atoms with Crippen LogP contribution in [0.1, 0.15) is 16.7 Å². The first-order valence-corrected chi connectivity index (χ1v) is 6.61. The third kappa shape index (κ3) is 2.32. The van der Waals surface area contributed by atoms with E-state index in [1.807, 2.05) is 0 Å². The van der Waals surface area contributed by atoms with Crippen molar-refractivity contribution in [1.29, 1.82) is 0 Å². The van der Waals surface area contributed by atoms with Gasteiger partial charge in [-0.05, 0) is 43.5 Å². The van der Waals surface area contributed by atoms with Crippen LogP contribution in [0.4, 0.5) is 5.69 Å². The molecule has 1 fully saturated rings. The van der Waals surface area contributed by atoms with E-state index < -0.39 is 0 Å². The third-order valence-corrected chi connectivity index (χ3v) is 4.01. The lowest BCUT2D eigenvalue weighted by atomic mass is 9.99. The van der Waals surface area contributed by atoms with Crippen LogP contribution >= 0.6 is 0 Å². The Morgan fingerprint density at radius 1 is 1.28 bits per heavy atom. The summed E-state index contributed by atoms with van der Waals surface area (Å²) in [5.74, 6) is 1.81. The summed E-state index contributed by atoms with van der Waals surface area (Å²) in [6, 6.07) is 2.24. The van der Waals surface area contributed by atoms with E-state index in [0.717, 1.165) is 31.3 Å². The van der Waals surface area contributed by atoms with Crippen molar-refractivity contribution in [2.45, 2.75) is 20.8 Å². The Balaban J connectivity index is 2.26. The second-order valence-corrected chi connectivity index (χ2v) is 5.40. The maximum atomic E-state index is 5.48. The van der Waals surface area contributed by atoms with Crippen LogP contribution in [0.15, 0.2) is 6.07 Å². The molecular weight excluding hydrogens is 224 g/mol. The van der Waals surface area contributed by atoms with Gasteiger partial charge in [0, 0.05) is 38.3 Å². The van der Waals surface area contributed by atoms with Crippen molar-refractivity contribution in [3.63, 3.8) is 0 Å². The fourth-order valence-electron chi connectivity index (χ4n) is 2.71. The van der Waals surface area contributed by atoms with Gasteiger partial charge in [-0.15, -0.1) is 0 Å². The number of hydrogen-bond acceptors (Lipinski definition) is 3. The zero-order valence-electron chi connectivity index (χ0n) is 12.1. The van der Waals surface area contributed by atoms with Crippen molar-refractivity contribution in [3.05, 3.63) is 22.8 Å². The monoisotopic (exact) mass is 248 g/mol. The van der Waals surface area contributed by atoms with E-state index in [0.29, 0.717) is 0 Å². The number of nitrogens with one attached hydrogen (secondary N) is 1. The molecule has 1 N–H and O–H groups in total. The molecule has 1 aliphatic rings. The van der Waals surface area contributed by atoms with E-state index in [2.05, 4.69) is 44.1 Å². The van der Waals surface area contributed by atoms with Crippen molar-refractivity contribution in [2.75, 3.05) is 38.7 Å². The summed E-state index contributed by atoms with van der Waals surface area (Å²) < 4.78 is 5.48. The third-order valence-electron chi connectivity index (χ3n) is 4.01. The van der Waals surface area contributed by atoms with Gasteiger partial charge < -0.3 is 15.0 Å². The van der Waals surface area contributed by atoms with Gasteiger partial charge in [-0.25, -0.2) is 0 Å². The Hall–Kier alpha value is -1.22. The number of nitrogens with zero attached hydrogens (tertiary/aromatic N) is 1. The Morgan fingerprint density at radius 3 is 2.44 bits per heavy atom. The summed E-state index contributed by atoms with van der Waals surface area (Å²) in [6.45, 7) is 9.87. The number of ether oxygens (including phenoxy) is 1. The highest BCUT2D eigenvalue weighted by atomic mass is 16.5. The standard InChI is InChI=1S/C15H24N2O/c1-10-6-14(11(2)12(3)15(10)18-5)17(4)9-13-7-16-8-13/h6,13,16H,7-9H2,1-5H3. The van der Waals surface area contributed by atoms with Crippen LogP contribution in [-0.4, -0.2) is 33.8 Å². The number of benzene rings is 1. The van der Waals surface area contributed by atoms with Crippen LogP contribution in [0.2, 0.25) is 0 Å². The van der Waals surface area contributed by atoms with Gasteiger partial charge in [0.1, 0.15) is 5.75 Å². The maximum Gasteiger partial charge on any atom is 0.125 e. The van der Waals surface area contributed by atoms with Crippen molar-refractivity contribution in [1.82, 2.24) is 5.32 Å². The zero-order valence-corrected chi connectivity index (χ0v) is 12.1. The van der Waals surface area contributed by atoms with E-state index in [1.54, 1.807) is 7.11 Å². The molecule has 0 spiro atoms. The number of rotatable bonds is 4. The van der Waals surface area contributed by atoms with E-state index in [1.165, 1.54) is 22.4 Å². The van der Waals surface area contributed by atoms with Crippen molar-refractivity contribution in [3.8, 4) is 5.75 Å². The van der Waals surface area contributed by atoms with Gasteiger partial charge in [0.25, 0.3) is 0 Å². The molecule has 0 bridgehead atoms. The normalized spacial score (nSPS) is 15.4. The highest BCUT2D eigenvalue weighted by Gasteiger charge is 2.20. The molecule has 100 valence electrons. The molecule has 1 saturated heterocycles. The molecular formula is C15H24N2O. The van der Waals surface area contributed by atoms with Gasteiger partial charge in [-0.2, -0.15) is 0 Å². The molecule has 2 rings (SSSR count). The summed E-state index contributed by atoms with van der Waals surface area (Å²) in [7, 11) is 3.93. The van der Waals surface area contributed by atoms with Crippen molar-refractivity contribution < 1.29 is 4.74 Å². The number of methoxy groups -OCH3 is 1. The average molecular weight is 248 g/mol. The first-order valence-electron chi connectivity index (χ1n) is 6.61. The largest absolute Gasteiger partial charge is 0.496 e.